The number of nitrogens with zero attached hydrogens (tertiary/aromatic N) is 1. The zero-order valence-electron chi connectivity index (χ0n) is 12.7. The number of esters is 1. The van der Waals surface area contributed by atoms with E-state index in [0.717, 1.165) is 12.1 Å². The second-order valence-electron chi connectivity index (χ2n) is 4.52. The van der Waals surface area contributed by atoms with Crippen molar-refractivity contribution in [3.8, 4) is 0 Å². The van der Waals surface area contributed by atoms with Crippen LogP contribution < -0.4 is 11.5 Å². The Labute approximate surface area is 131 Å². The second-order valence-corrected chi connectivity index (χ2v) is 4.52. The molecule has 1 aromatic carbocycles. The zero-order chi connectivity index (χ0) is 17.6. The topological polar surface area (TPSA) is 108 Å². The number of ketones is 1. The summed E-state index contributed by atoms with van der Waals surface area (Å²) < 4.78 is 31.3. The molecule has 0 atom stereocenters. The summed E-state index contributed by atoms with van der Waals surface area (Å²) in [7, 11) is 0. The van der Waals surface area contributed by atoms with Crippen LogP contribution in [0.25, 0.3) is 0 Å². The summed E-state index contributed by atoms with van der Waals surface area (Å²) in [6.07, 6.45) is 0. The molecule has 0 bridgehead atoms. The fourth-order valence-electron chi connectivity index (χ4n) is 1.72. The van der Waals surface area contributed by atoms with Crippen LogP contribution in [0.4, 0.5) is 8.78 Å². The van der Waals surface area contributed by atoms with Gasteiger partial charge in [0.05, 0.1) is 5.56 Å². The molecule has 0 aliphatic heterocycles. The number of amidine groups is 1. The summed E-state index contributed by atoms with van der Waals surface area (Å²) in [6.45, 7) is 2.67. The average molecular weight is 325 g/mol. The summed E-state index contributed by atoms with van der Waals surface area (Å²) in [5.41, 5.74) is 10.5. The van der Waals surface area contributed by atoms with Gasteiger partial charge in [0.15, 0.2) is 18.2 Å². The molecule has 0 radical (unpaired) electrons. The van der Waals surface area contributed by atoms with Gasteiger partial charge >= 0.3 is 5.97 Å². The number of hydrogen-bond acceptors (Lipinski definition) is 5. The zero-order valence-corrected chi connectivity index (χ0v) is 12.7. The number of ether oxygens (including phenoxy) is 1. The molecule has 0 amide bonds. The highest BCUT2D eigenvalue weighted by Crippen LogP contribution is 2.12. The van der Waals surface area contributed by atoms with Gasteiger partial charge in [-0.1, -0.05) is 6.07 Å². The van der Waals surface area contributed by atoms with E-state index in [-0.39, 0.29) is 17.1 Å². The van der Waals surface area contributed by atoms with Crippen molar-refractivity contribution < 1.29 is 23.1 Å². The van der Waals surface area contributed by atoms with E-state index in [1.165, 1.54) is 13.0 Å². The number of nitrogens with two attached hydrogens (primary N) is 2. The normalized spacial score (nSPS) is 12.6. The number of carbonyl (C=O) groups is 2. The first-order valence-electron chi connectivity index (χ1n) is 6.70. The lowest BCUT2D eigenvalue weighted by Crippen LogP contribution is -2.28. The largest absolute Gasteiger partial charge is 0.454 e. The van der Waals surface area contributed by atoms with E-state index in [2.05, 4.69) is 4.99 Å². The highest BCUT2D eigenvalue weighted by atomic mass is 19.2. The van der Waals surface area contributed by atoms with Crippen molar-refractivity contribution in [1.29, 1.82) is 0 Å². The molecule has 0 aromatic heterocycles. The summed E-state index contributed by atoms with van der Waals surface area (Å²) in [6, 6.07) is 3.14. The Morgan fingerprint density at radius 1 is 1.26 bits per heavy atom. The molecule has 0 saturated heterocycles. The quantitative estimate of drug-likeness (QED) is 0.269. The van der Waals surface area contributed by atoms with Crippen molar-refractivity contribution >= 4 is 17.6 Å². The standard InChI is InChI=1S/C15H17F2N3O3/c1-3-20-14(19)12(8(2)18)15(22)23-7-11(21)9-5-4-6-10(16)13(9)17/h4-6H,3,7,18H2,1-2H3,(H2,19,20). The van der Waals surface area contributed by atoms with Crippen LogP contribution >= 0.6 is 0 Å². The van der Waals surface area contributed by atoms with Gasteiger partial charge in [0, 0.05) is 12.2 Å². The third-order valence-electron chi connectivity index (χ3n) is 2.77. The van der Waals surface area contributed by atoms with Crippen LogP contribution in [-0.2, 0) is 9.53 Å². The molecule has 8 heteroatoms. The number of aliphatic imine (C=N–C) groups is 1. The van der Waals surface area contributed by atoms with Gasteiger partial charge in [-0.3, -0.25) is 9.79 Å². The number of hydrogen-bond donors (Lipinski definition) is 2. The molecule has 0 fully saturated rings. The Hall–Kier alpha value is -2.77. The molecular weight excluding hydrogens is 308 g/mol. The van der Waals surface area contributed by atoms with Gasteiger partial charge in [0.25, 0.3) is 0 Å². The maximum absolute atomic E-state index is 13.5. The van der Waals surface area contributed by atoms with E-state index < -0.39 is 35.6 Å². The van der Waals surface area contributed by atoms with Crippen molar-refractivity contribution in [3.63, 3.8) is 0 Å². The Balaban J connectivity index is 2.86. The third-order valence-corrected chi connectivity index (χ3v) is 2.77. The fraction of sp³-hybridized carbons (Fsp3) is 0.267. The van der Waals surface area contributed by atoms with Crippen molar-refractivity contribution in [2.24, 2.45) is 16.5 Å². The highest BCUT2D eigenvalue weighted by Gasteiger charge is 2.21. The number of halogens is 2. The summed E-state index contributed by atoms with van der Waals surface area (Å²) in [5, 5.41) is 0. The third kappa shape index (κ3) is 4.60. The second kappa shape index (κ2) is 8.02. The minimum atomic E-state index is -1.30. The van der Waals surface area contributed by atoms with Crippen LogP contribution in [0.3, 0.4) is 0 Å². The first-order valence-corrected chi connectivity index (χ1v) is 6.70. The maximum Gasteiger partial charge on any atom is 0.344 e. The summed E-state index contributed by atoms with van der Waals surface area (Å²) in [4.78, 5) is 27.6. The Bertz CT molecular complexity index is 681. The van der Waals surface area contributed by atoms with Gasteiger partial charge in [-0.2, -0.15) is 0 Å². The first-order chi connectivity index (χ1) is 10.8. The molecule has 0 saturated carbocycles. The fourth-order valence-corrected chi connectivity index (χ4v) is 1.72. The molecular formula is C15H17F2N3O3. The SMILES string of the molecule is CCN=C(N)C(C(=O)OCC(=O)c1cccc(F)c1F)=C(C)N. The van der Waals surface area contributed by atoms with E-state index in [1.807, 2.05) is 0 Å². The number of benzene rings is 1. The van der Waals surface area contributed by atoms with Gasteiger partial charge in [-0.05, 0) is 26.0 Å². The lowest BCUT2D eigenvalue weighted by molar-refractivity contribution is -0.137. The molecule has 1 rings (SSSR count). The van der Waals surface area contributed by atoms with E-state index >= 15 is 0 Å². The lowest BCUT2D eigenvalue weighted by atomic mass is 10.1. The average Bonchev–Trinajstić information content (AvgIpc) is 2.47. The number of allylic oxidation sites excluding steroid dienone is 1. The maximum atomic E-state index is 13.5. The summed E-state index contributed by atoms with van der Waals surface area (Å²) in [5.74, 6) is -4.45. The van der Waals surface area contributed by atoms with Crippen molar-refractivity contribution in [1.82, 2.24) is 0 Å². The van der Waals surface area contributed by atoms with Crippen LogP contribution in [0.15, 0.2) is 34.5 Å². The van der Waals surface area contributed by atoms with E-state index in [0.29, 0.717) is 6.54 Å². The van der Waals surface area contributed by atoms with E-state index in [9.17, 15) is 18.4 Å². The molecule has 0 heterocycles. The summed E-state index contributed by atoms with van der Waals surface area (Å²) >= 11 is 0. The first kappa shape index (κ1) is 18.3. The monoisotopic (exact) mass is 325 g/mol. The Morgan fingerprint density at radius 3 is 2.48 bits per heavy atom. The number of carbonyl (C=O) groups excluding carboxylic acids is 2. The van der Waals surface area contributed by atoms with Gasteiger partial charge in [0.2, 0.25) is 5.78 Å². The molecule has 0 spiro atoms. The van der Waals surface area contributed by atoms with Crippen LogP contribution in [0.5, 0.6) is 0 Å². The Morgan fingerprint density at radius 2 is 1.91 bits per heavy atom. The van der Waals surface area contributed by atoms with Gasteiger partial charge in [-0.25, -0.2) is 13.6 Å². The minimum absolute atomic E-state index is 0.0640. The van der Waals surface area contributed by atoms with Crippen LogP contribution in [0.1, 0.15) is 24.2 Å². The molecule has 0 unspecified atom stereocenters. The number of Topliss-reactive ketones (excluding diaryl/α,β-unsaturated/α-hetero) is 1. The minimum Gasteiger partial charge on any atom is -0.454 e. The number of rotatable bonds is 6. The Kier molecular flexibility index (Phi) is 6.37. The van der Waals surface area contributed by atoms with Gasteiger partial charge in [0.1, 0.15) is 11.4 Å². The molecule has 4 N–H and O–H groups in total. The van der Waals surface area contributed by atoms with Gasteiger partial charge < -0.3 is 16.2 Å². The smallest absolute Gasteiger partial charge is 0.344 e. The van der Waals surface area contributed by atoms with Crippen molar-refractivity contribution in [2.45, 2.75) is 13.8 Å². The van der Waals surface area contributed by atoms with Crippen LogP contribution in [0, 0.1) is 11.6 Å². The highest BCUT2D eigenvalue weighted by molar-refractivity contribution is 6.19. The predicted molar refractivity (Wildman–Crippen MR) is 80.7 cm³/mol. The lowest BCUT2D eigenvalue weighted by Gasteiger charge is -2.09. The molecule has 0 aliphatic carbocycles. The molecule has 23 heavy (non-hydrogen) atoms. The molecule has 6 nitrogen and oxygen atoms in total. The van der Waals surface area contributed by atoms with E-state index in [4.69, 9.17) is 16.2 Å². The van der Waals surface area contributed by atoms with Gasteiger partial charge in [-0.15, -0.1) is 0 Å². The van der Waals surface area contributed by atoms with Crippen LogP contribution in [0.2, 0.25) is 0 Å². The van der Waals surface area contributed by atoms with Crippen molar-refractivity contribution in [2.75, 3.05) is 13.2 Å². The molecule has 1 aromatic rings. The van der Waals surface area contributed by atoms with Crippen molar-refractivity contribution in [3.05, 3.63) is 46.7 Å². The van der Waals surface area contributed by atoms with Crippen LogP contribution in [-0.4, -0.2) is 30.7 Å². The predicted octanol–water partition coefficient (Wildman–Crippen LogP) is 1.30. The molecule has 0 aliphatic rings. The van der Waals surface area contributed by atoms with E-state index in [1.54, 1.807) is 6.92 Å². The molecule has 124 valence electrons.